The largest absolute Gasteiger partial charge is 0.465 e. The van der Waals surface area contributed by atoms with Gasteiger partial charge in [-0.1, -0.05) is 39.5 Å². The lowest BCUT2D eigenvalue weighted by molar-refractivity contribution is -0.142. The zero-order valence-electron chi connectivity index (χ0n) is 9.93. The van der Waals surface area contributed by atoms with E-state index < -0.39 is 0 Å². The molecule has 0 saturated heterocycles. The molecule has 0 N–H and O–H groups in total. The van der Waals surface area contributed by atoms with Crippen molar-refractivity contribution in [3.63, 3.8) is 0 Å². The molecule has 0 radical (unpaired) electrons. The second-order valence-electron chi connectivity index (χ2n) is 3.97. The average Bonchev–Trinajstić information content (AvgIpc) is 2.25. The van der Waals surface area contributed by atoms with E-state index in [1.54, 1.807) is 0 Å². The molecule has 0 aromatic rings. The van der Waals surface area contributed by atoms with Gasteiger partial charge in [0.1, 0.15) is 5.88 Å². The lowest BCUT2D eigenvalue weighted by atomic mass is 9.97. The first-order valence-electron chi connectivity index (χ1n) is 5.96. The number of carbonyl (C=O) groups is 1. The van der Waals surface area contributed by atoms with Gasteiger partial charge in [0, 0.05) is 0 Å². The van der Waals surface area contributed by atoms with E-state index in [0.29, 0.717) is 12.5 Å². The number of ether oxygens (including phenoxy) is 1. The van der Waals surface area contributed by atoms with Crippen LogP contribution in [0.15, 0.2) is 0 Å². The molecule has 2 nitrogen and oxygen atoms in total. The summed E-state index contributed by atoms with van der Waals surface area (Å²) in [6.07, 6.45) is 7.19. The van der Waals surface area contributed by atoms with Crippen LogP contribution in [0.1, 0.15) is 52.4 Å². The highest BCUT2D eigenvalue weighted by molar-refractivity contribution is 6.26. The van der Waals surface area contributed by atoms with Crippen molar-refractivity contribution < 1.29 is 9.53 Å². The van der Waals surface area contributed by atoms with E-state index in [9.17, 15) is 4.79 Å². The van der Waals surface area contributed by atoms with Crippen molar-refractivity contribution in [2.45, 2.75) is 52.4 Å². The number of halogens is 1. The van der Waals surface area contributed by atoms with Gasteiger partial charge in [0.25, 0.3) is 0 Å². The number of alkyl halides is 1. The van der Waals surface area contributed by atoms with Crippen LogP contribution in [-0.2, 0) is 9.53 Å². The van der Waals surface area contributed by atoms with Crippen molar-refractivity contribution >= 4 is 17.6 Å². The minimum atomic E-state index is -0.298. The van der Waals surface area contributed by atoms with E-state index in [1.807, 2.05) is 0 Å². The molecule has 0 aliphatic carbocycles. The maximum atomic E-state index is 10.9. The Morgan fingerprint density at radius 1 is 1.20 bits per heavy atom. The van der Waals surface area contributed by atoms with Gasteiger partial charge < -0.3 is 4.74 Å². The Balaban J connectivity index is 3.66. The van der Waals surface area contributed by atoms with Gasteiger partial charge in [-0.2, -0.15) is 0 Å². The summed E-state index contributed by atoms with van der Waals surface area (Å²) in [5.41, 5.74) is 0. The number of rotatable bonds is 9. The molecule has 0 spiro atoms. The number of hydrogen-bond donors (Lipinski definition) is 0. The summed E-state index contributed by atoms with van der Waals surface area (Å²) in [6, 6.07) is 0. The molecular formula is C12H23ClO2. The van der Waals surface area contributed by atoms with Crippen LogP contribution in [0.3, 0.4) is 0 Å². The van der Waals surface area contributed by atoms with E-state index in [2.05, 4.69) is 13.8 Å². The van der Waals surface area contributed by atoms with Gasteiger partial charge >= 0.3 is 5.97 Å². The van der Waals surface area contributed by atoms with Crippen LogP contribution in [0.2, 0.25) is 0 Å². The SMILES string of the molecule is CCCCC[C@@H](CCC)COC(=O)CCl. The molecule has 0 bridgehead atoms. The van der Waals surface area contributed by atoms with Crippen molar-refractivity contribution in [3.8, 4) is 0 Å². The third-order valence-electron chi connectivity index (χ3n) is 2.50. The fourth-order valence-corrected chi connectivity index (χ4v) is 1.73. The van der Waals surface area contributed by atoms with Gasteiger partial charge in [-0.25, -0.2) is 0 Å². The molecule has 0 aliphatic heterocycles. The second-order valence-corrected chi connectivity index (χ2v) is 4.23. The lowest BCUT2D eigenvalue weighted by Crippen LogP contribution is -2.15. The van der Waals surface area contributed by atoms with Gasteiger partial charge in [0.15, 0.2) is 0 Å². The third-order valence-corrected chi connectivity index (χ3v) is 2.72. The highest BCUT2D eigenvalue weighted by Gasteiger charge is 2.10. The Kier molecular flexibility index (Phi) is 10.1. The molecular weight excluding hydrogens is 212 g/mol. The van der Waals surface area contributed by atoms with Crippen molar-refractivity contribution in [1.29, 1.82) is 0 Å². The Labute approximate surface area is 98.3 Å². The van der Waals surface area contributed by atoms with Crippen molar-refractivity contribution in [3.05, 3.63) is 0 Å². The fourth-order valence-electron chi connectivity index (χ4n) is 1.65. The molecule has 1 atom stereocenters. The second kappa shape index (κ2) is 10.3. The molecule has 0 unspecified atom stereocenters. The molecule has 3 heteroatoms. The van der Waals surface area contributed by atoms with Gasteiger partial charge in [-0.05, 0) is 18.8 Å². The molecule has 0 amide bonds. The topological polar surface area (TPSA) is 26.3 Å². The minimum Gasteiger partial charge on any atom is -0.465 e. The first-order valence-corrected chi connectivity index (χ1v) is 6.49. The van der Waals surface area contributed by atoms with Crippen molar-refractivity contribution in [2.24, 2.45) is 5.92 Å². The highest BCUT2D eigenvalue weighted by atomic mass is 35.5. The molecule has 15 heavy (non-hydrogen) atoms. The molecule has 0 aliphatic rings. The molecule has 0 aromatic carbocycles. The van der Waals surface area contributed by atoms with E-state index in [-0.39, 0.29) is 11.8 Å². The van der Waals surface area contributed by atoms with Crippen LogP contribution >= 0.6 is 11.6 Å². The molecule has 0 fully saturated rings. The van der Waals surface area contributed by atoms with Gasteiger partial charge in [0.2, 0.25) is 0 Å². The molecule has 0 saturated carbocycles. The van der Waals surface area contributed by atoms with Crippen LogP contribution < -0.4 is 0 Å². The third kappa shape index (κ3) is 8.73. The number of hydrogen-bond acceptors (Lipinski definition) is 2. The number of carbonyl (C=O) groups excluding carboxylic acids is 1. The van der Waals surface area contributed by atoms with Crippen LogP contribution in [0.5, 0.6) is 0 Å². The summed E-state index contributed by atoms with van der Waals surface area (Å²) >= 11 is 5.36. The lowest BCUT2D eigenvalue weighted by Gasteiger charge is -2.15. The van der Waals surface area contributed by atoms with Crippen LogP contribution in [0, 0.1) is 5.92 Å². The molecule has 0 rings (SSSR count). The Bertz CT molecular complexity index is 160. The Hall–Kier alpha value is -0.240. The summed E-state index contributed by atoms with van der Waals surface area (Å²) in [5, 5.41) is 0. The van der Waals surface area contributed by atoms with Gasteiger partial charge in [0.05, 0.1) is 6.61 Å². The molecule has 90 valence electrons. The van der Waals surface area contributed by atoms with E-state index >= 15 is 0 Å². The van der Waals surface area contributed by atoms with Crippen molar-refractivity contribution in [1.82, 2.24) is 0 Å². The number of esters is 1. The zero-order chi connectivity index (χ0) is 11.5. The smallest absolute Gasteiger partial charge is 0.320 e. The minimum absolute atomic E-state index is 0.0339. The highest BCUT2D eigenvalue weighted by Crippen LogP contribution is 2.16. The van der Waals surface area contributed by atoms with E-state index in [4.69, 9.17) is 16.3 Å². The summed E-state index contributed by atoms with van der Waals surface area (Å²) in [5.74, 6) is 0.190. The molecule has 0 heterocycles. The van der Waals surface area contributed by atoms with Crippen molar-refractivity contribution in [2.75, 3.05) is 12.5 Å². The molecule has 0 aromatic heterocycles. The van der Waals surface area contributed by atoms with Gasteiger partial charge in [-0.15, -0.1) is 11.6 Å². The normalized spacial score (nSPS) is 12.5. The van der Waals surface area contributed by atoms with Crippen LogP contribution in [-0.4, -0.2) is 18.5 Å². The maximum absolute atomic E-state index is 10.9. The van der Waals surface area contributed by atoms with Gasteiger partial charge in [-0.3, -0.25) is 4.79 Å². The predicted molar refractivity (Wildman–Crippen MR) is 64.2 cm³/mol. The monoisotopic (exact) mass is 234 g/mol. The Morgan fingerprint density at radius 3 is 2.47 bits per heavy atom. The Morgan fingerprint density at radius 2 is 1.93 bits per heavy atom. The zero-order valence-corrected chi connectivity index (χ0v) is 10.7. The predicted octanol–water partition coefficient (Wildman–Crippen LogP) is 3.77. The van der Waals surface area contributed by atoms with E-state index in [0.717, 1.165) is 19.3 Å². The number of unbranched alkanes of at least 4 members (excludes halogenated alkanes) is 2. The quantitative estimate of drug-likeness (QED) is 0.345. The maximum Gasteiger partial charge on any atom is 0.320 e. The standard InChI is InChI=1S/C12H23ClO2/c1-3-5-6-8-11(7-4-2)10-15-12(14)9-13/h11H,3-10H2,1-2H3/t11-/m1/s1. The first-order chi connectivity index (χ1) is 7.24. The summed E-state index contributed by atoms with van der Waals surface area (Å²) in [4.78, 5) is 10.9. The summed E-state index contributed by atoms with van der Waals surface area (Å²) in [6.45, 7) is 4.90. The summed E-state index contributed by atoms with van der Waals surface area (Å²) in [7, 11) is 0. The van der Waals surface area contributed by atoms with E-state index in [1.165, 1.54) is 19.3 Å². The fraction of sp³-hybridized carbons (Fsp3) is 0.917. The van der Waals surface area contributed by atoms with Crippen LogP contribution in [0.25, 0.3) is 0 Å². The average molecular weight is 235 g/mol. The summed E-state index contributed by atoms with van der Waals surface area (Å²) < 4.78 is 5.07. The van der Waals surface area contributed by atoms with Crippen LogP contribution in [0.4, 0.5) is 0 Å². The first kappa shape index (κ1) is 14.8.